The van der Waals surface area contributed by atoms with E-state index in [0.29, 0.717) is 12.1 Å². The van der Waals surface area contributed by atoms with Crippen LogP contribution in [0, 0.1) is 12.7 Å². The molecular weight excluding hydrogens is 463 g/mol. The molecule has 3 aromatic rings. The van der Waals surface area contributed by atoms with Crippen LogP contribution < -0.4 is 5.43 Å². The number of nitrogens with one attached hydrogen (secondary N) is 1. The summed E-state index contributed by atoms with van der Waals surface area (Å²) in [6.07, 6.45) is 6.07. The van der Waals surface area contributed by atoms with E-state index < -0.39 is 0 Å². The van der Waals surface area contributed by atoms with E-state index in [4.69, 9.17) is 0 Å². The third-order valence-electron chi connectivity index (χ3n) is 7.20. The van der Waals surface area contributed by atoms with E-state index in [1.807, 2.05) is 18.2 Å². The standard InChI is InChI=1S/C32H37FN2S/c1-6-28-14-11-15-29(7-2)35(28)34-24(5)26-18-19-31(22(3)20-26)36-32-17-9-8-16-30(32)23(4)25-12-10-13-27(33)21-25/h8-10,12-13,16-21,28-29,34H,4-7,11,14-15H2,1-3H3/t28-,29+. The molecule has 2 nitrogen and oxygen atoms in total. The van der Waals surface area contributed by atoms with Crippen molar-refractivity contribution in [3.05, 3.63) is 108 Å². The highest BCUT2D eigenvalue weighted by atomic mass is 32.2. The van der Waals surface area contributed by atoms with Crippen molar-refractivity contribution < 1.29 is 4.39 Å². The van der Waals surface area contributed by atoms with E-state index in [0.717, 1.165) is 45.7 Å². The molecule has 2 atom stereocenters. The Morgan fingerprint density at radius 3 is 2.31 bits per heavy atom. The molecule has 1 aliphatic rings. The zero-order chi connectivity index (χ0) is 25.7. The van der Waals surface area contributed by atoms with Crippen molar-refractivity contribution in [2.24, 2.45) is 0 Å². The molecule has 36 heavy (non-hydrogen) atoms. The van der Waals surface area contributed by atoms with Gasteiger partial charge in [0.25, 0.3) is 0 Å². The number of hydrogen-bond donors (Lipinski definition) is 1. The van der Waals surface area contributed by atoms with Gasteiger partial charge in [-0.05, 0) is 90.8 Å². The van der Waals surface area contributed by atoms with Gasteiger partial charge in [0.2, 0.25) is 0 Å². The van der Waals surface area contributed by atoms with Crippen molar-refractivity contribution in [3.63, 3.8) is 0 Å². The summed E-state index contributed by atoms with van der Waals surface area (Å²) >= 11 is 1.72. The van der Waals surface area contributed by atoms with E-state index in [2.05, 4.69) is 74.7 Å². The Morgan fingerprint density at radius 1 is 0.917 bits per heavy atom. The van der Waals surface area contributed by atoms with Crippen LogP contribution in [0.4, 0.5) is 4.39 Å². The molecule has 0 aromatic heterocycles. The third kappa shape index (κ3) is 5.93. The van der Waals surface area contributed by atoms with E-state index >= 15 is 0 Å². The van der Waals surface area contributed by atoms with Crippen LogP contribution in [0.15, 0.2) is 89.7 Å². The predicted octanol–water partition coefficient (Wildman–Crippen LogP) is 8.87. The Morgan fingerprint density at radius 2 is 1.64 bits per heavy atom. The Labute approximate surface area is 220 Å². The molecule has 0 unspecified atom stereocenters. The van der Waals surface area contributed by atoms with Gasteiger partial charge in [-0.15, -0.1) is 0 Å². The number of rotatable bonds is 9. The maximum atomic E-state index is 13.8. The molecule has 0 aliphatic carbocycles. The minimum atomic E-state index is -0.251. The summed E-state index contributed by atoms with van der Waals surface area (Å²) in [5.41, 5.74) is 9.57. The van der Waals surface area contributed by atoms with Gasteiger partial charge < -0.3 is 5.43 Å². The van der Waals surface area contributed by atoms with Crippen molar-refractivity contribution in [1.29, 1.82) is 0 Å². The lowest BCUT2D eigenvalue weighted by atomic mass is 9.94. The number of halogens is 1. The molecule has 4 rings (SSSR count). The smallest absolute Gasteiger partial charge is 0.123 e. The Bertz CT molecular complexity index is 1220. The maximum absolute atomic E-state index is 13.8. The first-order valence-electron chi connectivity index (χ1n) is 13.0. The number of nitrogens with zero attached hydrogens (tertiary/aromatic N) is 1. The van der Waals surface area contributed by atoms with E-state index in [1.54, 1.807) is 17.8 Å². The molecule has 1 N–H and O–H groups in total. The zero-order valence-electron chi connectivity index (χ0n) is 21.7. The lowest BCUT2D eigenvalue weighted by Gasteiger charge is -2.42. The Kier molecular flexibility index (Phi) is 8.71. The highest BCUT2D eigenvalue weighted by Gasteiger charge is 2.28. The molecule has 0 amide bonds. The van der Waals surface area contributed by atoms with Crippen LogP contribution in [0.25, 0.3) is 11.3 Å². The fraction of sp³-hybridized carbons (Fsp3) is 0.312. The predicted molar refractivity (Wildman–Crippen MR) is 152 cm³/mol. The molecule has 0 bridgehead atoms. The minimum Gasteiger partial charge on any atom is -0.318 e. The van der Waals surface area contributed by atoms with Gasteiger partial charge >= 0.3 is 0 Å². The summed E-state index contributed by atoms with van der Waals surface area (Å²) in [7, 11) is 0. The number of hydrogen-bond acceptors (Lipinski definition) is 3. The van der Waals surface area contributed by atoms with Gasteiger partial charge in [0.15, 0.2) is 0 Å². The van der Waals surface area contributed by atoms with Gasteiger partial charge in [0, 0.05) is 27.6 Å². The van der Waals surface area contributed by atoms with Crippen molar-refractivity contribution in [2.75, 3.05) is 0 Å². The fourth-order valence-corrected chi connectivity index (χ4v) is 6.12. The number of aryl methyl sites for hydroxylation is 1. The third-order valence-corrected chi connectivity index (χ3v) is 8.45. The van der Waals surface area contributed by atoms with Gasteiger partial charge in [-0.2, -0.15) is 0 Å². The first kappa shape index (κ1) is 26.2. The van der Waals surface area contributed by atoms with Gasteiger partial charge in [-0.25, -0.2) is 9.40 Å². The molecule has 188 valence electrons. The average molecular weight is 501 g/mol. The van der Waals surface area contributed by atoms with Gasteiger partial charge in [-0.1, -0.05) is 81.6 Å². The molecule has 1 fully saturated rings. The monoisotopic (exact) mass is 500 g/mol. The van der Waals surface area contributed by atoms with Crippen LogP contribution in [0.3, 0.4) is 0 Å². The Hall–Kier alpha value is -2.82. The normalized spacial score (nSPS) is 18.1. The highest BCUT2D eigenvalue weighted by molar-refractivity contribution is 7.99. The molecule has 3 aromatic carbocycles. The van der Waals surface area contributed by atoms with Gasteiger partial charge in [0.1, 0.15) is 5.82 Å². The molecule has 1 heterocycles. The summed E-state index contributed by atoms with van der Waals surface area (Å²) in [5.74, 6) is -0.251. The van der Waals surface area contributed by atoms with Crippen LogP contribution >= 0.6 is 11.8 Å². The molecule has 0 spiro atoms. The van der Waals surface area contributed by atoms with Crippen LogP contribution in [-0.2, 0) is 0 Å². The second-order valence-corrected chi connectivity index (χ2v) is 10.7. The van der Waals surface area contributed by atoms with E-state index in [9.17, 15) is 4.39 Å². The molecule has 1 saturated heterocycles. The van der Waals surface area contributed by atoms with Crippen LogP contribution in [0.2, 0.25) is 0 Å². The largest absolute Gasteiger partial charge is 0.318 e. The number of hydrazine groups is 1. The molecule has 1 aliphatic heterocycles. The maximum Gasteiger partial charge on any atom is 0.123 e. The first-order chi connectivity index (χ1) is 17.4. The van der Waals surface area contributed by atoms with Crippen LogP contribution in [-0.4, -0.2) is 17.1 Å². The first-order valence-corrected chi connectivity index (χ1v) is 13.8. The molecular formula is C32H37FN2S. The topological polar surface area (TPSA) is 15.3 Å². The van der Waals surface area contributed by atoms with Crippen molar-refractivity contribution in [3.8, 4) is 0 Å². The summed E-state index contributed by atoms with van der Waals surface area (Å²) in [5, 5.41) is 2.46. The number of benzene rings is 3. The lowest BCUT2D eigenvalue weighted by molar-refractivity contribution is 0.0462. The van der Waals surface area contributed by atoms with Gasteiger partial charge in [0.05, 0.1) is 0 Å². The van der Waals surface area contributed by atoms with Crippen LogP contribution in [0.1, 0.15) is 68.2 Å². The fourth-order valence-electron chi connectivity index (χ4n) is 5.08. The molecule has 4 heteroatoms. The van der Waals surface area contributed by atoms with E-state index in [1.165, 1.54) is 41.9 Å². The second kappa shape index (κ2) is 11.9. The lowest BCUT2D eigenvalue weighted by Crippen LogP contribution is -2.53. The Balaban J connectivity index is 1.52. The summed E-state index contributed by atoms with van der Waals surface area (Å²) in [4.78, 5) is 2.28. The summed E-state index contributed by atoms with van der Waals surface area (Å²) in [6.45, 7) is 15.4. The van der Waals surface area contributed by atoms with Crippen molar-refractivity contribution >= 4 is 23.0 Å². The quantitative estimate of drug-likeness (QED) is 0.316. The number of piperidine rings is 1. The van der Waals surface area contributed by atoms with Crippen molar-refractivity contribution in [1.82, 2.24) is 10.4 Å². The van der Waals surface area contributed by atoms with E-state index in [-0.39, 0.29) is 5.82 Å². The minimum absolute atomic E-state index is 0.251. The summed E-state index contributed by atoms with van der Waals surface area (Å²) in [6, 6.07) is 22.5. The summed E-state index contributed by atoms with van der Waals surface area (Å²) < 4.78 is 13.8. The highest BCUT2D eigenvalue weighted by Crippen LogP contribution is 2.37. The molecule has 0 saturated carbocycles. The van der Waals surface area contributed by atoms with Crippen molar-refractivity contribution in [2.45, 2.75) is 74.7 Å². The average Bonchev–Trinajstić information content (AvgIpc) is 2.89. The second-order valence-electron chi connectivity index (χ2n) is 9.62. The van der Waals surface area contributed by atoms with Gasteiger partial charge in [-0.3, -0.25) is 0 Å². The van der Waals surface area contributed by atoms with Crippen LogP contribution in [0.5, 0.6) is 0 Å². The molecule has 0 radical (unpaired) electrons. The zero-order valence-corrected chi connectivity index (χ0v) is 22.5. The SMILES string of the molecule is C=C(NN1[C@H](CC)CCC[C@@H]1CC)c1ccc(Sc2ccccc2C(=C)c2cccc(F)c2)c(C)c1.